The molecule has 2 aromatic rings. The third kappa shape index (κ3) is 4.39. The van der Waals surface area contributed by atoms with Crippen molar-refractivity contribution in [3.63, 3.8) is 0 Å². The second-order valence-corrected chi connectivity index (χ2v) is 8.36. The van der Waals surface area contributed by atoms with Gasteiger partial charge in [-0.05, 0) is 24.3 Å². The van der Waals surface area contributed by atoms with Crippen LogP contribution in [0.5, 0.6) is 0 Å². The minimum absolute atomic E-state index is 0.0603. The Hall–Kier alpha value is -1.89. The lowest BCUT2D eigenvalue weighted by molar-refractivity contribution is -0.890. The molecule has 2 aromatic carbocycles. The zero-order chi connectivity index (χ0) is 17.7. The number of quaternary nitrogens is 1. The Morgan fingerprint density at radius 3 is 2.12 bits per heavy atom. The number of aliphatic hydroxyl groups excluding tert-OH is 1. The van der Waals surface area contributed by atoms with Gasteiger partial charge in [0, 0.05) is 12.8 Å². The smallest absolute Gasteiger partial charge is 0.264 e. The molecule has 3 rings (SSSR count). The lowest BCUT2D eigenvalue weighted by atomic mass is 10.3. The zero-order valence-electron chi connectivity index (χ0n) is 14.2. The van der Waals surface area contributed by atoms with Gasteiger partial charge in [0.25, 0.3) is 10.0 Å². The van der Waals surface area contributed by atoms with Gasteiger partial charge in [-0.25, -0.2) is 8.42 Å². The van der Waals surface area contributed by atoms with Gasteiger partial charge in [-0.15, -0.1) is 0 Å². The molecular weight excluding hydrogens is 336 g/mol. The maximum absolute atomic E-state index is 13.1. The van der Waals surface area contributed by atoms with Gasteiger partial charge >= 0.3 is 0 Å². The van der Waals surface area contributed by atoms with E-state index in [1.54, 1.807) is 54.6 Å². The monoisotopic (exact) mass is 361 g/mol. The first-order valence-electron chi connectivity index (χ1n) is 8.72. The van der Waals surface area contributed by atoms with Gasteiger partial charge in [-0.2, -0.15) is 0 Å². The summed E-state index contributed by atoms with van der Waals surface area (Å²) in [6.07, 6.45) is 1.64. The van der Waals surface area contributed by atoms with Crippen molar-refractivity contribution in [3.8, 4) is 0 Å². The van der Waals surface area contributed by atoms with Gasteiger partial charge < -0.3 is 10.0 Å². The molecule has 0 aromatic heterocycles. The van der Waals surface area contributed by atoms with Crippen molar-refractivity contribution in [1.82, 2.24) is 0 Å². The molecule has 2 N–H and O–H groups in total. The van der Waals surface area contributed by atoms with Crippen LogP contribution in [0.4, 0.5) is 5.69 Å². The third-order valence-corrected chi connectivity index (χ3v) is 6.39. The fourth-order valence-electron chi connectivity index (χ4n) is 3.32. The maximum atomic E-state index is 13.1. The summed E-state index contributed by atoms with van der Waals surface area (Å²) in [5.41, 5.74) is 0.571. The first kappa shape index (κ1) is 17.9. The number of aliphatic hydroxyl groups is 1. The Balaban J connectivity index is 1.85. The minimum Gasteiger partial charge on any atom is -0.385 e. The van der Waals surface area contributed by atoms with E-state index in [0.29, 0.717) is 12.2 Å². The van der Waals surface area contributed by atoms with Crippen LogP contribution in [0.2, 0.25) is 0 Å². The molecule has 0 saturated carbocycles. The summed E-state index contributed by atoms with van der Waals surface area (Å²) >= 11 is 0. The summed E-state index contributed by atoms with van der Waals surface area (Å²) in [6.45, 7) is 2.74. The quantitative estimate of drug-likeness (QED) is 0.771. The number of sulfonamides is 1. The number of likely N-dealkylation sites (tertiary alicyclic amines) is 1. The molecule has 0 radical (unpaired) electrons. The van der Waals surface area contributed by atoms with Crippen LogP contribution in [0, 0.1) is 0 Å². The second kappa shape index (κ2) is 7.99. The first-order chi connectivity index (χ1) is 12.1. The summed E-state index contributed by atoms with van der Waals surface area (Å²) in [5.74, 6) is 0. The summed E-state index contributed by atoms with van der Waals surface area (Å²) in [7, 11) is -3.72. The highest BCUT2D eigenvalue weighted by Crippen LogP contribution is 2.23. The fraction of sp³-hybridized carbons (Fsp3) is 0.368. The van der Waals surface area contributed by atoms with Crippen LogP contribution in [0.1, 0.15) is 12.8 Å². The molecule has 134 valence electrons. The molecule has 0 amide bonds. The summed E-state index contributed by atoms with van der Waals surface area (Å²) in [5, 5.41) is 10.5. The van der Waals surface area contributed by atoms with Crippen molar-refractivity contribution in [3.05, 3.63) is 60.7 Å². The average Bonchev–Trinajstić information content (AvgIpc) is 3.14. The summed E-state index contributed by atoms with van der Waals surface area (Å²) in [4.78, 5) is 1.58. The summed E-state index contributed by atoms with van der Waals surface area (Å²) < 4.78 is 27.5. The predicted molar refractivity (Wildman–Crippen MR) is 98.2 cm³/mol. The largest absolute Gasteiger partial charge is 0.385 e. The lowest BCUT2D eigenvalue weighted by Crippen LogP contribution is -3.11. The molecule has 0 aliphatic carbocycles. The van der Waals surface area contributed by atoms with Crippen LogP contribution in [0.25, 0.3) is 0 Å². The Labute approximate surface area is 149 Å². The average molecular weight is 361 g/mol. The van der Waals surface area contributed by atoms with E-state index in [0.717, 1.165) is 13.1 Å². The number of hydrogen-bond donors (Lipinski definition) is 2. The van der Waals surface area contributed by atoms with Crippen molar-refractivity contribution in [2.45, 2.75) is 23.8 Å². The third-order valence-electron chi connectivity index (χ3n) is 4.59. The number of nitrogens with one attached hydrogen (secondary N) is 1. The van der Waals surface area contributed by atoms with Crippen molar-refractivity contribution < 1.29 is 18.4 Å². The molecular formula is C19H25N2O3S+. The molecule has 1 saturated heterocycles. The Kier molecular flexibility index (Phi) is 5.73. The molecule has 1 fully saturated rings. The van der Waals surface area contributed by atoms with Crippen molar-refractivity contribution in [2.75, 3.05) is 30.5 Å². The lowest BCUT2D eigenvalue weighted by Gasteiger charge is -2.27. The highest BCUT2D eigenvalue weighted by atomic mass is 32.2. The van der Waals surface area contributed by atoms with Gasteiger partial charge in [-0.1, -0.05) is 36.4 Å². The topological polar surface area (TPSA) is 62.0 Å². The highest BCUT2D eigenvalue weighted by Gasteiger charge is 2.29. The number of anilines is 1. The minimum atomic E-state index is -3.72. The van der Waals surface area contributed by atoms with Gasteiger partial charge in [0.1, 0.15) is 12.6 Å². The molecule has 1 heterocycles. The van der Waals surface area contributed by atoms with E-state index < -0.39 is 16.1 Å². The Bertz CT molecular complexity index is 760. The van der Waals surface area contributed by atoms with Crippen molar-refractivity contribution >= 4 is 15.7 Å². The van der Waals surface area contributed by atoms with Crippen LogP contribution in [0.15, 0.2) is 65.6 Å². The number of benzene rings is 2. The predicted octanol–water partition coefficient (Wildman–Crippen LogP) is 0.922. The number of hydrogen-bond acceptors (Lipinski definition) is 3. The van der Waals surface area contributed by atoms with Gasteiger partial charge in [0.2, 0.25) is 0 Å². The fourth-order valence-corrected chi connectivity index (χ4v) is 4.85. The molecule has 5 nitrogen and oxygen atoms in total. The number of para-hydroxylation sites is 1. The van der Waals surface area contributed by atoms with Crippen molar-refractivity contribution in [1.29, 1.82) is 0 Å². The SMILES string of the molecule is O=S(=O)(c1ccccc1)N(C[C@H](O)C[NH+]1CCCC1)c1ccccc1. The van der Waals surface area contributed by atoms with E-state index in [9.17, 15) is 13.5 Å². The number of nitrogens with zero attached hydrogens (tertiary/aromatic N) is 1. The molecule has 1 aliphatic heterocycles. The van der Waals surface area contributed by atoms with Crippen LogP contribution < -0.4 is 9.21 Å². The molecule has 1 atom stereocenters. The van der Waals surface area contributed by atoms with Gasteiger partial charge in [0.15, 0.2) is 0 Å². The number of rotatable bonds is 7. The van der Waals surface area contributed by atoms with Crippen LogP contribution in [0.3, 0.4) is 0 Å². The van der Waals surface area contributed by atoms with E-state index in [1.807, 2.05) is 6.07 Å². The standard InChI is InChI=1S/C19H24N2O3S/c22-18(15-20-13-7-8-14-20)16-21(17-9-3-1-4-10-17)25(23,24)19-11-5-2-6-12-19/h1-6,9-12,18,22H,7-8,13-16H2/p+1/t18-/m1/s1. The zero-order valence-corrected chi connectivity index (χ0v) is 15.0. The molecule has 25 heavy (non-hydrogen) atoms. The van der Waals surface area contributed by atoms with Crippen molar-refractivity contribution in [2.24, 2.45) is 0 Å². The molecule has 0 spiro atoms. The maximum Gasteiger partial charge on any atom is 0.264 e. The molecule has 1 aliphatic rings. The van der Waals surface area contributed by atoms with Gasteiger partial charge in [-0.3, -0.25) is 4.31 Å². The van der Waals surface area contributed by atoms with Gasteiger partial charge in [0.05, 0.1) is 30.2 Å². The van der Waals surface area contributed by atoms with E-state index in [1.165, 1.54) is 22.0 Å². The first-order valence-corrected chi connectivity index (χ1v) is 10.2. The van der Waals surface area contributed by atoms with Crippen LogP contribution >= 0.6 is 0 Å². The van der Waals surface area contributed by atoms with E-state index in [4.69, 9.17) is 0 Å². The Morgan fingerprint density at radius 2 is 1.52 bits per heavy atom. The normalized spacial score (nSPS) is 16.7. The van der Waals surface area contributed by atoms with E-state index in [2.05, 4.69) is 0 Å². The summed E-state index contributed by atoms with van der Waals surface area (Å²) in [6, 6.07) is 17.4. The van der Waals surface area contributed by atoms with Crippen LogP contribution in [-0.2, 0) is 10.0 Å². The Morgan fingerprint density at radius 1 is 0.960 bits per heavy atom. The van der Waals surface area contributed by atoms with Crippen LogP contribution in [-0.4, -0.2) is 45.8 Å². The molecule has 0 bridgehead atoms. The van der Waals surface area contributed by atoms with E-state index in [-0.39, 0.29) is 11.4 Å². The highest BCUT2D eigenvalue weighted by molar-refractivity contribution is 7.92. The molecule has 0 unspecified atom stereocenters. The molecule has 6 heteroatoms. The van der Waals surface area contributed by atoms with E-state index >= 15 is 0 Å². The second-order valence-electron chi connectivity index (χ2n) is 6.50.